The summed E-state index contributed by atoms with van der Waals surface area (Å²) in [6, 6.07) is 12.7. The molecule has 5 nitrogen and oxygen atoms in total. The van der Waals surface area contributed by atoms with Crippen LogP contribution >= 0.6 is 11.6 Å². The molecule has 3 rings (SSSR count). The summed E-state index contributed by atoms with van der Waals surface area (Å²) in [5, 5.41) is 6.32. The second-order valence-electron chi connectivity index (χ2n) is 5.56. The Kier molecular flexibility index (Phi) is 5.01. The topological polar surface area (TPSA) is 67.4 Å². The third-order valence-corrected chi connectivity index (χ3v) is 3.92. The van der Waals surface area contributed by atoms with Crippen LogP contribution in [0.1, 0.15) is 17.5 Å². The van der Waals surface area contributed by atoms with Crippen LogP contribution in [0, 0.1) is 0 Å². The number of carbonyl (C=O) groups is 2. The number of benzene rings is 2. The van der Waals surface area contributed by atoms with Crippen molar-refractivity contribution in [3.8, 4) is 5.75 Å². The van der Waals surface area contributed by atoms with Gasteiger partial charge in [-0.05, 0) is 35.4 Å². The van der Waals surface area contributed by atoms with Gasteiger partial charge in [0.2, 0.25) is 11.8 Å². The van der Waals surface area contributed by atoms with Crippen molar-refractivity contribution in [3.63, 3.8) is 0 Å². The molecule has 0 atom stereocenters. The number of fused-ring (bicyclic) bond motifs is 1. The Morgan fingerprint density at radius 2 is 1.92 bits per heavy atom. The number of hydrogen-bond acceptors (Lipinski definition) is 3. The second-order valence-corrected chi connectivity index (χ2v) is 5.99. The van der Waals surface area contributed by atoms with Crippen LogP contribution in [-0.4, -0.2) is 18.4 Å². The van der Waals surface area contributed by atoms with Crippen LogP contribution in [0.3, 0.4) is 0 Å². The molecule has 0 saturated carbocycles. The lowest BCUT2D eigenvalue weighted by Gasteiger charge is -2.10. The van der Waals surface area contributed by atoms with Gasteiger partial charge in [-0.15, -0.1) is 0 Å². The molecule has 2 N–H and O–H groups in total. The van der Waals surface area contributed by atoms with E-state index in [4.69, 9.17) is 16.3 Å². The van der Waals surface area contributed by atoms with E-state index in [0.717, 1.165) is 11.1 Å². The maximum atomic E-state index is 12.0. The van der Waals surface area contributed by atoms with E-state index in [2.05, 4.69) is 10.6 Å². The van der Waals surface area contributed by atoms with Gasteiger partial charge in [-0.2, -0.15) is 0 Å². The summed E-state index contributed by atoms with van der Waals surface area (Å²) in [7, 11) is 0. The number of ether oxygens (including phenoxy) is 1. The summed E-state index contributed by atoms with van der Waals surface area (Å²) < 4.78 is 5.51. The molecule has 0 radical (unpaired) electrons. The van der Waals surface area contributed by atoms with E-state index in [-0.39, 0.29) is 11.8 Å². The number of nitrogens with one attached hydrogen (secondary N) is 2. The van der Waals surface area contributed by atoms with Crippen molar-refractivity contribution in [2.24, 2.45) is 0 Å². The molecule has 0 fully saturated rings. The number of rotatable bonds is 4. The molecular formula is C18H17ClN2O3. The highest BCUT2D eigenvalue weighted by molar-refractivity contribution is 6.30. The summed E-state index contributed by atoms with van der Waals surface area (Å²) in [5.74, 6) is 0.502. The summed E-state index contributed by atoms with van der Waals surface area (Å²) in [6.45, 7) is 0.756. The normalized spacial score (nSPS) is 13.3. The SMILES string of the molecule is O=C(Cc1ccc(Cl)cc1)NCc1ccc2c(c1)NC(=O)CCO2. The van der Waals surface area contributed by atoms with Crippen LogP contribution < -0.4 is 15.4 Å². The largest absolute Gasteiger partial charge is 0.491 e. The molecule has 6 heteroatoms. The van der Waals surface area contributed by atoms with Crippen LogP contribution in [-0.2, 0) is 22.6 Å². The Bertz CT molecular complexity index is 759. The predicted molar refractivity (Wildman–Crippen MR) is 92.2 cm³/mol. The Labute approximate surface area is 145 Å². The molecule has 2 amide bonds. The van der Waals surface area contributed by atoms with Gasteiger partial charge in [0.25, 0.3) is 0 Å². The van der Waals surface area contributed by atoms with E-state index in [1.54, 1.807) is 12.1 Å². The molecule has 24 heavy (non-hydrogen) atoms. The van der Waals surface area contributed by atoms with Crippen molar-refractivity contribution in [1.29, 1.82) is 0 Å². The van der Waals surface area contributed by atoms with Gasteiger partial charge in [-0.25, -0.2) is 0 Å². The minimum absolute atomic E-state index is 0.0716. The van der Waals surface area contributed by atoms with Crippen molar-refractivity contribution in [2.75, 3.05) is 11.9 Å². The minimum Gasteiger partial charge on any atom is -0.491 e. The first-order valence-electron chi connectivity index (χ1n) is 7.67. The van der Waals surface area contributed by atoms with Gasteiger partial charge in [0.1, 0.15) is 5.75 Å². The molecule has 2 aromatic carbocycles. The van der Waals surface area contributed by atoms with Crippen molar-refractivity contribution in [2.45, 2.75) is 19.4 Å². The van der Waals surface area contributed by atoms with E-state index in [9.17, 15) is 9.59 Å². The highest BCUT2D eigenvalue weighted by atomic mass is 35.5. The third-order valence-electron chi connectivity index (χ3n) is 3.67. The molecule has 0 aromatic heterocycles. The van der Waals surface area contributed by atoms with Gasteiger partial charge in [0, 0.05) is 11.6 Å². The van der Waals surface area contributed by atoms with Crippen LogP contribution in [0.25, 0.3) is 0 Å². The standard InChI is InChI=1S/C18H17ClN2O3/c19-14-4-1-12(2-5-14)10-18(23)20-11-13-3-6-16-15(9-13)21-17(22)7-8-24-16/h1-6,9H,7-8,10-11H2,(H,20,23)(H,21,22). The van der Waals surface area contributed by atoms with Gasteiger partial charge in [-0.1, -0.05) is 29.8 Å². The first-order valence-corrected chi connectivity index (χ1v) is 8.05. The van der Waals surface area contributed by atoms with Crippen molar-refractivity contribution >= 4 is 29.1 Å². The second kappa shape index (κ2) is 7.36. The molecule has 2 aromatic rings. The molecule has 124 valence electrons. The Hall–Kier alpha value is -2.53. The summed E-state index contributed by atoms with van der Waals surface area (Å²) >= 11 is 5.83. The Morgan fingerprint density at radius 1 is 1.17 bits per heavy atom. The zero-order valence-electron chi connectivity index (χ0n) is 13.0. The van der Waals surface area contributed by atoms with Crippen LogP contribution in [0.15, 0.2) is 42.5 Å². The van der Waals surface area contributed by atoms with E-state index >= 15 is 0 Å². The van der Waals surface area contributed by atoms with Gasteiger partial charge in [-0.3, -0.25) is 9.59 Å². The quantitative estimate of drug-likeness (QED) is 0.896. The molecular weight excluding hydrogens is 328 g/mol. The van der Waals surface area contributed by atoms with Crippen LogP contribution in [0.5, 0.6) is 5.75 Å². The minimum atomic E-state index is -0.0763. The number of hydrogen-bond donors (Lipinski definition) is 2. The van der Waals surface area contributed by atoms with Crippen LogP contribution in [0.4, 0.5) is 5.69 Å². The molecule has 1 aliphatic rings. The van der Waals surface area contributed by atoms with Gasteiger partial charge < -0.3 is 15.4 Å². The first-order chi connectivity index (χ1) is 11.6. The van der Waals surface area contributed by atoms with E-state index in [0.29, 0.717) is 42.5 Å². The number of amides is 2. The smallest absolute Gasteiger partial charge is 0.227 e. The Balaban J connectivity index is 1.59. The van der Waals surface area contributed by atoms with Gasteiger partial charge in [0.05, 0.1) is 25.1 Å². The molecule has 1 aliphatic heterocycles. The number of carbonyl (C=O) groups excluding carboxylic acids is 2. The Morgan fingerprint density at radius 3 is 2.71 bits per heavy atom. The summed E-state index contributed by atoms with van der Waals surface area (Å²) in [4.78, 5) is 23.6. The average molecular weight is 345 g/mol. The molecule has 1 heterocycles. The highest BCUT2D eigenvalue weighted by Gasteiger charge is 2.14. The summed E-state index contributed by atoms with van der Waals surface area (Å²) in [6.07, 6.45) is 0.629. The average Bonchev–Trinajstić information content (AvgIpc) is 2.75. The molecule has 0 saturated heterocycles. The van der Waals surface area contributed by atoms with Crippen molar-refractivity contribution < 1.29 is 14.3 Å². The fourth-order valence-corrected chi connectivity index (χ4v) is 2.55. The molecule has 0 unspecified atom stereocenters. The van der Waals surface area contributed by atoms with Gasteiger partial charge >= 0.3 is 0 Å². The zero-order valence-corrected chi connectivity index (χ0v) is 13.7. The number of halogens is 1. The van der Waals surface area contributed by atoms with Crippen molar-refractivity contribution in [1.82, 2.24) is 5.32 Å². The van der Waals surface area contributed by atoms with Gasteiger partial charge in [0.15, 0.2) is 0 Å². The summed E-state index contributed by atoms with van der Waals surface area (Å²) in [5.41, 5.74) is 2.44. The third kappa shape index (κ3) is 4.26. The van der Waals surface area contributed by atoms with E-state index in [1.165, 1.54) is 0 Å². The van der Waals surface area contributed by atoms with Crippen molar-refractivity contribution in [3.05, 3.63) is 58.6 Å². The lowest BCUT2D eigenvalue weighted by Crippen LogP contribution is -2.24. The maximum absolute atomic E-state index is 12.0. The zero-order chi connectivity index (χ0) is 16.9. The molecule has 0 spiro atoms. The van der Waals surface area contributed by atoms with E-state index < -0.39 is 0 Å². The first kappa shape index (κ1) is 16.3. The lowest BCUT2D eigenvalue weighted by atomic mass is 10.1. The predicted octanol–water partition coefficient (Wildman–Crippen LogP) is 2.92. The maximum Gasteiger partial charge on any atom is 0.227 e. The fraction of sp³-hybridized carbons (Fsp3) is 0.222. The molecule has 0 bridgehead atoms. The number of anilines is 1. The molecule has 0 aliphatic carbocycles. The fourth-order valence-electron chi connectivity index (χ4n) is 2.43. The lowest BCUT2D eigenvalue weighted by molar-refractivity contribution is -0.120. The van der Waals surface area contributed by atoms with Crippen LogP contribution in [0.2, 0.25) is 5.02 Å². The highest BCUT2D eigenvalue weighted by Crippen LogP contribution is 2.28. The monoisotopic (exact) mass is 344 g/mol. The van der Waals surface area contributed by atoms with E-state index in [1.807, 2.05) is 30.3 Å².